The average Bonchev–Trinajstić information content (AvgIpc) is 2.90. The maximum atomic E-state index is 13.8. The van der Waals surface area contributed by atoms with Gasteiger partial charge in [-0.1, -0.05) is 12.1 Å². The number of fused-ring (bicyclic) bond motifs is 1. The Kier molecular flexibility index (Phi) is 3.42. The van der Waals surface area contributed by atoms with E-state index in [2.05, 4.69) is 15.2 Å². The molecule has 0 amide bonds. The molecule has 4 N–H and O–H groups in total. The first-order valence-corrected chi connectivity index (χ1v) is 6.40. The summed E-state index contributed by atoms with van der Waals surface area (Å²) < 4.78 is 28.6. The van der Waals surface area contributed by atoms with Gasteiger partial charge in [-0.05, 0) is 18.2 Å². The van der Waals surface area contributed by atoms with E-state index in [9.17, 15) is 8.78 Å². The summed E-state index contributed by atoms with van der Waals surface area (Å²) in [6, 6.07) is 7.44. The lowest BCUT2D eigenvalue weighted by Crippen LogP contribution is -2.17. The molecule has 2 aromatic heterocycles. The predicted octanol–water partition coefficient (Wildman–Crippen LogP) is 1.34. The predicted molar refractivity (Wildman–Crippen MR) is 77.9 cm³/mol. The molecular weight excluding hydrogens is 290 g/mol. The fourth-order valence-corrected chi connectivity index (χ4v) is 2.20. The molecule has 0 radical (unpaired) electrons. The second-order valence-corrected chi connectivity index (χ2v) is 4.61. The normalized spacial score (nSPS) is 12.0. The van der Waals surface area contributed by atoms with Gasteiger partial charge < -0.3 is 11.6 Å². The van der Waals surface area contributed by atoms with Crippen LogP contribution in [-0.4, -0.2) is 20.6 Å². The van der Waals surface area contributed by atoms with Crippen LogP contribution in [0.4, 0.5) is 8.78 Å². The van der Waals surface area contributed by atoms with E-state index in [0.29, 0.717) is 16.7 Å². The summed E-state index contributed by atoms with van der Waals surface area (Å²) in [6.07, 6.45) is 1.57. The van der Waals surface area contributed by atoms with Crippen LogP contribution in [0.1, 0.15) is 11.3 Å². The van der Waals surface area contributed by atoms with Crippen LogP contribution in [0.5, 0.6) is 0 Å². The van der Waals surface area contributed by atoms with Gasteiger partial charge in [0.25, 0.3) is 0 Å². The van der Waals surface area contributed by atoms with Crippen molar-refractivity contribution in [3.8, 4) is 0 Å². The molecule has 0 spiro atoms. The minimum Gasteiger partial charge on any atom is -0.380 e. The van der Waals surface area contributed by atoms with E-state index in [1.54, 1.807) is 18.3 Å². The van der Waals surface area contributed by atoms with Gasteiger partial charge in [0.2, 0.25) is 0 Å². The van der Waals surface area contributed by atoms with Crippen LogP contribution >= 0.6 is 0 Å². The van der Waals surface area contributed by atoms with Crippen LogP contribution in [0.25, 0.3) is 11.0 Å². The molecule has 22 heavy (non-hydrogen) atoms. The fourth-order valence-electron chi connectivity index (χ4n) is 2.20. The second-order valence-electron chi connectivity index (χ2n) is 4.61. The maximum absolute atomic E-state index is 13.8. The van der Waals surface area contributed by atoms with Gasteiger partial charge in [0.05, 0.1) is 11.9 Å². The number of nitrogens with two attached hydrogens (primary N) is 2. The minimum absolute atomic E-state index is 0.00889. The van der Waals surface area contributed by atoms with Gasteiger partial charge in [-0.15, -0.1) is 0 Å². The molecular formula is C14H12F2N6. The van der Waals surface area contributed by atoms with E-state index in [1.807, 2.05) is 0 Å². The van der Waals surface area contributed by atoms with Gasteiger partial charge >= 0.3 is 0 Å². The highest BCUT2D eigenvalue weighted by Crippen LogP contribution is 2.19. The summed E-state index contributed by atoms with van der Waals surface area (Å²) in [4.78, 5) is 4.20. The van der Waals surface area contributed by atoms with Crippen molar-refractivity contribution in [2.45, 2.75) is 6.54 Å². The first-order chi connectivity index (χ1) is 10.6. The van der Waals surface area contributed by atoms with Crippen molar-refractivity contribution in [3.63, 3.8) is 0 Å². The summed E-state index contributed by atoms with van der Waals surface area (Å²) >= 11 is 0. The Balaban J connectivity index is 2.13. The zero-order valence-electron chi connectivity index (χ0n) is 11.4. The lowest BCUT2D eigenvalue weighted by atomic mass is 10.2. The van der Waals surface area contributed by atoms with E-state index in [1.165, 1.54) is 16.8 Å². The molecule has 0 aliphatic carbocycles. The lowest BCUT2D eigenvalue weighted by molar-refractivity contribution is 0.493. The molecule has 0 unspecified atom stereocenters. The molecule has 3 aromatic rings. The summed E-state index contributed by atoms with van der Waals surface area (Å²) in [5, 5.41) is 8.30. The third kappa shape index (κ3) is 2.24. The van der Waals surface area contributed by atoms with E-state index in [4.69, 9.17) is 11.6 Å². The Hall–Kier alpha value is -3.03. The molecule has 0 saturated heterocycles. The summed E-state index contributed by atoms with van der Waals surface area (Å²) in [7, 11) is 0. The zero-order chi connectivity index (χ0) is 15.7. The van der Waals surface area contributed by atoms with Crippen molar-refractivity contribution in [1.29, 1.82) is 0 Å². The quantitative estimate of drug-likeness (QED) is 0.330. The highest BCUT2D eigenvalue weighted by atomic mass is 19.2. The molecule has 0 fully saturated rings. The zero-order valence-corrected chi connectivity index (χ0v) is 11.4. The van der Waals surface area contributed by atoms with Crippen molar-refractivity contribution in [2.24, 2.45) is 16.7 Å². The number of hydrogen-bond acceptors (Lipinski definition) is 4. The van der Waals surface area contributed by atoms with Crippen molar-refractivity contribution in [3.05, 3.63) is 59.4 Å². The fraction of sp³-hybridized carbons (Fsp3) is 0.0714. The summed E-state index contributed by atoms with van der Waals surface area (Å²) in [5.41, 5.74) is 6.69. The summed E-state index contributed by atoms with van der Waals surface area (Å²) in [6.45, 7) is 0.00889. The van der Waals surface area contributed by atoms with Crippen molar-refractivity contribution in [2.75, 3.05) is 0 Å². The van der Waals surface area contributed by atoms with Gasteiger partial charge in [-0.25, -0.2) is 18.4 Å². The monoisotopic (exact) mass is 302 g/mol. The number of hydrazone groups is 1. The SMILES string of the molecule is N/N=C(\N)c1nn(Cc2cccc(F)c2F)c2ncccc12. The highest BCUT2D eigenvalue weighted by molar-refractivity contribution is 6.06. The number of halogens is 2. The third-order valence-corrected chi connectivity index (χ3v) is 3.24. The van der Waals surface area contributed by atoms with Crippen molar-refractivity contribution in [1.82, 2.24) is 14.8 Å². The number of aromatic nitrogens is 3. The number of hydrogen-bond donors (Lipinski definition) is 2. The summed E-state index contributed by atoms with van der Waals surface area (Å²) in [5.74, 6) is 3.40. The molecule has 2 heterocycles. The van der Waals surface area contributed by atoms with E-state index < -0.39 is 11.6 Å². The first kappa shape index (κ1) is 13.9. The Morgan fingerprint density at radius 1 is 1.23 bits per heavy atom. The molecule has 0 aliphatic rings. The number of rotatable bonds is 3. The van der Waals surface area contributed by atoms with E-state index in [0.717, 1.165) is 6.07 Å². The van der Waals surface area contributed by atoms with E-state index >= 15 is 0 Å². The molecule has 0 atom stereocenters. The Bertz CT molecular complexity index is 871. The molecule has 112 valence electrons. The van der Waals surface area contributed by atoms with Crippen LogP contribution in [0.3, 0.4) is 0 Å². The van der Waals surface area contributed by atoms with Gasteiger partial charge in [0.15, 0.2) is 23.1 Å². The smallest absolute Gasteiger partial charge is 0.171 e. The average molecular weight is 302 g/mol. The van der Waals surface area contributed by atoms with Crippen LogP contribution in [-0.2, 0) is 6.54 Å². The van der Waals surface area contributed by atoms with Gasteiger partial charge in [-0.3, -0.25) is 0 Å². The van der Waals surface area contributed by atoms with Crippen molar-refractivity contribution < 1.29 is 8.78 Å². The highest BCUT2D eigenvalue weighted by Gasteiger charge is 2.16. The molecule has 8 heteroatoms. The third-order valence-electron chi connectivity index (χ3n) is 3.24. The molecule has 1 aromatic carbocycles. The Morgan fingerprint density at radius 3 is 2.82 bits per heavy atom. The Morgan fingerprint density at radius 2 is 2.05 bits per heavy atom. The standard InChI is InChI=1S/C14H12F2N6/c15-10-5-1-3-8(11(10)16)7-22-14-9(4-2-6-19-14)12(21-22)13(17)20-18/h1-6H,7,18H2,(H2,17,20). The molecule has 0 saturated carbocycles. The van der Waals surface area contributed by atoms with Gasteiger partial charge in [0.1, 0.15) is 5.69 Å². The first-order valence-electron chi connectivity index (χ1n) is 6.40. The number of benzene rings is 1. The van der Waals surface area contributed by atoms with Crippen LogP contribution < -0.4 is 11.6 Å². The van der Waals surface area contributed by atoms with E-state index in [-0.39, 0.29) is 17.9 Å². The minimum atomic E-state index is -0.913. The largest absolute Gasteiger partial charge is 0.380 e. The van der Waals surface area contributed by atoms with Crippen molar-refractivity contribution >= 4 is 16.9 Å². The Labute approximate surface area is 124 Å². The van der Waals surface area contributed by atoms with Gasteiger partial charge in [0, 0.05) is 11.8 Å². The van der Waals surface area contributed by atoms with Crippen LogP contribution in [0.15, 0.2) is 41.6 Å². The molecule has 3 rings (SSSR count). The lowest BCUT2D eigenvalue weighted by Gasteiger charge is -2.05. The maximum Gasteiger partial charge on any atom is 0.171 e. The molecule has 0 aliphatic heterocycles. The molecule has 0 bridgehead atoms. The topological polar surface area (TPSA) is 95.1 Å². The number of amidine groups is 1. The van der Waals surface area contributed by atoms with Crippen LogP contribution in [0.2, 0.25) is 0 Å². The number of nitrogens with zero attached hydrogens (tertiary/aromatic N) is 4. The number of pyridine rings is 1. The molecule has 6 nitrogen and oxygen atoms in total. The van der Waals surface area contributed by atoms with Crippen LogP contribution in [0, 0.1) is 11.6 Å². The van der Waals surface area contributed by atoms with Gasteiger partial charge in [-0.2, -0.15) is 10.2 Å². The second kappa shape index (κ2) is 5.40.